The molecule has 158 valence electrons. The summed E-state index contributed by atoms with van der Waals surface area (Å²) >= 11 is 3.37. The summed E-state index contributed by atoms with van der Waals surface area (Å²) in [4.78, 5) is 25.7. The number of carbonyl (C=O) groups excluding carboxylic acids is 2. The maximum Gasteiger partial charge on any atom is 0.272 e. The normalized spacial score (nSPS) is 11.2. The van der Waals surface area contributed by atoms with Crippen LogP contribution in [0.15, 0.2) is 101 Å². The highest BCUT2D eigenvalue weighted by atomic mass is 79.9. The molecule has 6 heteroatoms. The zero-order valence-corrected chi connectivity index (χ0v) is 18.4. The fourth-order valence-corrected chi connectivity index (χ4v) is 3.45. The van der Waals surface area contributed by atoms with Crippen LogP contribution in [-0.2, 0) is 4.79 Å². The van der Waals surface area contributed by atoms with Crippen LogP contribution in [-0.4, -0.2) is 11.8 Å². The average Bonchev–Trinajstić information content (AvgIpc) is 2.80. The predicted molar refractivity (Wildman–Crippen MR) is 129 cm³/mol. The van der Waals surface area contributed by atoms with Crippen LogP contribution >= 0.6 is 15.9 Å². The van der Waals surface area contributed by atoms with Crippen molar-refractivity contribution in [3.05, 3.63) is 118 Å². The van der Waals surface area contributed by atoms with Crippen molar-refractivity contribution >= 4 is 50.3 Å². The molecule has 2 N–H and O–H groups in total. The van der Waals surface area contributed by atoms with Crippen molar-refractivity contribution in [2.24, 2.45) is 0 Å². The third-order valence-corrected chi connectivity index (χ3v) is 5.33. The molecule has 0 fully saturated rings. The number of anilines is 1. The summed E-state index contributed by atoms with van der Waals surface area (Å²) < 4.78 is 15.0. The quantitative estimate of drug-likeness (QED) is 0.331. The molecule has 2 amide bonds. The topological polar surface area (TPSA) is 58.2 Å². The second-order valence-electron chi connectivity index (χ2n) is 7.06. The van der Waals surface area contributed by atoms with Crippen LogP contribution in [0.4, 0.5) is 10.1 Å². The van der Waals surface area contributed by atoms with E-state index in [-0.39, 0.29) is 11.3 Å². The van der Waals surface area contributed by atoms with Gasteiger partial charge in [0.15, 0.2) is 0 Å². The highest BCUT2D eigenvalue weighted by Crippen LogP contribution is 2.20. The maximum atomic E-state index is 14.1. The van der Waals surface area contributed by atoms with Gasteiger partial charge in [0.25, 0.3) is 11.8 Å². The van der Waals surface area contributed by atoms with Crippen LogP contribution in [0.3, 0.4) is 0 Å². The van der Waals surface area contributed by atoms with E-state index in [2.05, 4.69) is 26.6 Å². The molecule has 4 rings (SSSR count). The Bertz CT molecular complexity index is 1330. The molecule has 0 aromatic heterocycles. The van der Waals surface area contributed by atoms with E-state index in [1.165, 1.54) is 18.2 Å². The van der Waals surface area contributed by atoms with Gasteiger partial charge in [0, 0.05) is 10.2 Å². The number of carbonyl (C=O) groups is 2. The van der Waals surface area contributed by atoms with Crippen molar-refractivity contribution < 1.29 is 14.0 Å². The Labute approximate surface area is 192 Å². The first-order valence-electron chi connectivity index (χ1n) is 9.83. The molecular weight excluding hydrogens is 471 g/mol. The second kappa shape index (κ2) is 9.58. The number of amides is 2. The Balaban J connectivity index is 1.64. The molecule has 0 bridgehead atoms. The number of halogens is 2. The first-order chi connectivity index (χ1) is 15.5. The van der Waals surface area contributed by atoms with Crippen LogP contribution in [0.2, 0.25) is 0 Å². The zero-order valence-electron chi connectivity index (χ0n) is 16.8. The lowest BCUT2D eigenvalue weighted by atomic mass is 10.1. The first-order valence-corrected chi connectivity index (χ1v) is 10.6. The first kappa shape index (κ1) is 21.5. The van der Waals surface area contributed by atoms with Crippen LogP contribution in [0, 0.1) is 5.82 Å². The molecule has 0 aliphatic carbocycles. The molecule has 4 aromatic carbocycles. The smallest absolute Gasteiger partial charge is 0.272 e. The van der Waals surface area contributed by atoms with E-state index in [0.717, 1.165) is 15.2 Å². The lowest BCUT2D eigenvalue weighted by molar-refractivity contribution is -0.113. The molecule has 0 aliphatic heterocycles. The van der Waals surface area contributed by atoms with E-state index in [4.69, 9.17) is 0 Å². The number of hydrogen-bond donors (Lipinski definition) is 2. The fraction of sp³-hybridized carbons (Fsp3) is 0. The summed E-state index contributed by atoms with van der Waals surface area (Å²) in [6.45, 7) is 0. The minimum Gasteiger partial charge on any atom is -0.321 e. The zero-order chi connectivity index (χ0) is 22.5. The number of hydrogen-bond acceptors (Lipinski definition) is 2. The van der Waals surface area contributed by atoms with Crippen molar-refractivity contribution in [2.45, 2.75) is 0 Å². The number of nitrogens with one attached hydrogen (secondary N) is 2. The highest BCUT2D eigenvalue weighted by molar-refractivity contribution is 9.10. The average molecular weight is 489 g/mol. The molecule has 4 nitrogen and oxygen atoms in total. The number of benzene rings is 4. The summed E-state index contributed by atoms with van der Waals surface area (Å²) in [5, 5.41) is 7.38. The highest BCUT2D eigenvalue weighted by Gasteiger charge is 2.17. The molecule has 0 saturated heterocycles. The standard InChI is InChI=1S/C26H18BrFN2O2/c27-20-12-9-17(10-13-20)15-24(30-25(31)22-7-3-4-8-23(22)28)26(32)29-21-14-11-18-5-1-2-6-19(18)16-21/h1-16H,(H,29,32)(H,30,31). The molecule has 0 radical (unpaired) electrons. The predicted octanol–water partition coefficient (Wildman–Crippen LogP) is 6.15. The summed E-state index contributed by atoms with van der Waals surface area (Å²) in [5.74, 6) is -1.89. The lowest BCUT2D eigenvalue weighted by Gasteiger charge is -2.12. The van der Waals surface area contributed by atoms with Crippen molar-refractivity contribution in [3.63, 3.8) is 0 Å². The largest absolute Gasteiger partial charge is 0.321 e. The summed E-state index contributed by atoms with van der Waals surface area (Å²) in [5.41, 5.74) is 1.13. The Kier molecular flexibility index (Phi) is 6.42. The van der Waals surface area contributed by atoms with E-state index < -0.39 is 17.6 Å². The van der Waals surface area contributed by atoms with Gasteiger partial charge in [0.05, 0.1) is 5.56 Å². The van der Waals surface area contributed by atoms with Crippen LogP contribution in [0.1, 0.15) is 15.9 Å². The monoisotopic (exact) mass is 488 g/mol. The van der Waals surface area contributed by atoms with Gasteiger partial charge >= 0.3 is 0 Å². The van der Waals surface area contributed by atoms with Gasteiger partial charge in [0.1, 0.15) is 11.5 Å². The Morgan fingerprint density at radius 2 is 1.50 bits per heavy atom. The Morgan fingerprint density at radius 3 is 2.25 bits per heavy atom. The third-order valence-electron chi connectivity index (χ3n) is 4.80. The van der Waals surface area contributed by atoms with Crippen molar-refractivity contribution in [1.82, 2.24) is 5.32 Å². The minimum atomic E-state index is -0.708. The van der Waals surface area contributed by atoms with Gasteiger partial charge in [-0.15, -0.1) is 0 Å². The number of rotatable bonds is 5. The molecule has 0 heterocycles. The van der Waals surface area contributed by atoms with Gasteiger partial charge in [-0.1, -0.05) is 70.5 Å². The van der Waals surface area contributed by atoms with E-state index in [1.54, 1.807) is 30.3 Å². The van der Waals surface area contributed by atoms with E-state index in [0.29, 0.717) is 11.3 Å². The Hall–Kier alpha value is -3.77. The summed E-state index contributed by atoms with van der Waals surface area (Å²) in [6, 6.07) is 26.2. The van der Waals surface area contributed by atoms with Crippen molar-refractivity contribution in [3.8, 4) is 0 Å². The number of fused-ring (bicyclic) bond motifs is 1. The molecule has 0 unspecified atom stereocenters. The van der Waals surface area contributed by atoms with Gasteiger partial charge in [-0.05, 0) is 58.8 Å². The minimum absolute atomic E-state index is 0.00580. The van der Waals surface area contributed by atoms with Gasteiger partial charge in [-0.25, -0.2) is 4.39 Å². The van der Waals surface area contributed by atoms with Crippen molar-refractivity contribution in [1.29, 1.82) is 0 Å². The van der Waals surface area contributed by atoms with E-state index >= 15 is 0 Å². The lowest BCUT2D eigenvalue weighted by Crippen LogP contribution is -2.31. The van der Waals surface area contributed by atoms with Gasteiger partial charge < -0.3 is 10.6 Å². The Morgan fingerprint density at radius 1 is 0.812 bits per heavy atom. The molecule has 4 aromatic rings. The fourth-order valence-electron chi connectivity index (χ4n) is 3.18. The summed E-state index contributed by atoms with van der Waals surface area (Å²) in [7, 11) is 0. The second-order valence-corrected chi connectivity index (χ2v) is 7.98. The SMILES string of the molecule is O=C(Nc1ccc2ccccc2c1)C(=Cc1ccc(Br)cc1)NC(=O)c1ccccc1F. The molecule has 0 atom stereocenters. The molecule has 32 heavy (non-hydrogen) atoms. The van der Waals surface area contributed by atoms with Crippen LogP contribution in [0.25, 0.3) is 16.8 Å². The van der Waals surface area contributed by atoms with Crippen molar-refractivity contribution in [2.75, 3.05) is 5.32 Å². The van der Waals surface area contributed by atoms with Crippen LogP contribution < -0.4 is 10.6 Å². The van der Waals surface area contributed by atoms with E-state index in [1.807, 2.05) is 48.5 Å². The molecular formula is C26H18BrFN2O2. The molecule has 0 saturated carbocycles. The van der Waals surface area contributed by atoms with Crippen LogP contribution in [0.5, 0.6) is 0 Å². The molecule has 0 spiro atoms. The van der Waals surface area contributed by atoms with Gasteiger partial charge in [-0.2, -0.15) is 0 Å². The van der Waals surface area contributed by atoms with Gasteiger partial charge in [-0.3, -0.25) is 9.59 Å². The molecule has 0 aliphatic rings. The summed E-state index contributed by atoms with van der Waals surface area (Å²) in [6.07, 6.45) is 1.54. The third kappa shape index (κ3) is 5.10. The van der Waals surface area contributed by atoms with E-state index in [9.17, 15) is 14.0 Å². The van der Waals surface area contributed by atoms with Gasteiger partial charge in [0.2, 0.25) is 0 Å². The maximum absolute atomic E-state index is 14.1.